The van der Waals surface area contributed by atoms with Crippen molar-refractivity contribution in [3.05, 3.63) is 83.5 Å². The molecule has 2 aromatic carbocycles. The lowest BCUT2D eigenvalue weighted by Crippen LogP contribution is -2.38. The number of benzene rings is 2. The van der Waals surface area contributed by atoms with Crippen molar-refractivity contribution >= 4 is 39.0 Å². The maximum absolute atomic E-state index is 12.8. The topological polar surface area (TPSA) is 91.8 Å². The van der Waals surface area contributed by atoms with E-state index in [9.17, 15) is 14.7 Å². The highest BCUT2D eigenvalue weighted by atomic mass is 32.1. The minimum absolute atomic E-state index is 0.0912. The quantitative estimate of drug-likeness (QED) is 0.344. The summed E-state index contributed by atoms with van der Waals surface area (Å²) in [6.07, 6.45) is 5.88. The lowest BCUT2D eigenvalue weighted by atomic mass is 10.0. The van der Waals surface area contributed by atoms with Crippen LogP contribution in [0.2, 0.25) is 0 Å². The Kier molecular flexibility index (Phi) is 6.74. The third-order valence-electron chi connectivity index (χ3n) is 6.19. The van der Waals surface area contributed by atoms with Crippen molar-refractivity contribution in [3.63, 3.8) is 0 Å². The summed E-state index contributed by atoms with van der Waals surface area (Å²) in [5.41, 5.74) is 1.57. The SMILES string of the molecule is O=C(CN1CCC[C@H]1Cc1c(C(=O)O)sc2ccccc12)Nc1ccc(Oc2cccnc2)cc1. The predicted molar refractivity (Wildman–Crippen MR) is 136 cm³/mol. The van der Waals surface area contributed by atoms with E-state index in [0.29, 0.717) is 28.5 Å². The Balaban J connectivity index is 1.22. The third kappa shape index (κ3) is 5.34. The maximum atomic E-state index is 12.8. The molecule has 1 saturated heterocycles. The largest absolute Gasteiger partial charge is 0.477 e. The summed E-state index contributed by atoms with van der Waals surface area (Å²) in [5, 5.41) is 13.7. The molecule has 3 heterocycles. The number of hydrogen-bond acceptors (Lipinski definition) is 6. The molecule has 4 aromatic rings. The molecule has 2 aromatic heterocycles. The van der Waals surface area contributed by atoms with Crippen LogP contribution in [0.15, 0.2) is 73.1 Å². The number of hydrogen-bond donors (Lipinski definition) is 2. The highest BCUT2D eigenvalue weighted by Gasteiger charge is 2.29. The van der Waals surface area contributed by atoms with Crippen LogP contribution in [-0.2, 0) is 11.2 Å². The number of rotatable bonds is 8. The number of carbonyl (C=O) groups is 2. The molecule has 2 N–H and O–H groups in total. The number of carbonyl (C=O) groups excluding carboxylic acids is 1. The number of anilines is 1. The molecule has 1 aliphatic rings. The molecule has 0 saturated carbocycles. The van der Waals surface area contributed by atoms with Gasteiger partial charge in [0.15, 0.2) is 0 Å². The van der Waals surface area contributed by atoms with Gasteiger partial charge in [0.1, 0.15) is 16.4 Å². The molecule has 35 heavy (non-hydrogen) atoms. The van der Waals surface area contributed by atoms with E-state index in [-0.39, 0.29) is 18.5 Å². The van der Waals surface area contributed by atoms with Gasteiger partial charge in [-0.2, -0.15) is 0 Å². The monoisotopic (exact) mass is 487 g/mol. The van der Waals surface area contributed by atoms with E-state index < -0.39 is 5.97 Å². The number of ether oxygens (including phenoxy) is 1. The molecular formula is C27H25N3O4S. The van der Waals surface area contributed by atoms with E-state index >= 15 is 0 Å². The second-order valence-electron chi connectivity index (χ2n) is 8.55. The van der Waals surface area contributed by atoms with Crippen molar-refractivity contribution in [2.24, 2.45) is 0 Å². The Labute approximate surface area is 207 Å². The number of carboxylic acid groups (broad SMARTS) is 1. The number of nitrogens with zero attached hydrogens (tertiary/aromatic N) is 2. The zero-order chi connectivity index (χ0) is 24.2. The van der Waals surface area contributed by atoms with Crippen molar-refractivity contribution in [3.8, 4) is 11.5 Å². The first kappa shape index (κ1) is 23.0. The number of pyridine rings is 1. The van der Waals surface area contributed by atoms with E-state index in [1.54, 1.807) is 30.6 Å². The summed E-state index contributed by atoms with van der Waals surface area (Å²) in [5.74, 6) is 0.326. The van der Waals surface area contributed by atoms with Crippen molar-refractivity contribution in [2.75, 3.05) is 18.4 Å². The van der Waals surface area contributed by atoms with E-state index in [2.05, 4.69) is 15.2 Å². The fraction of sp³-hybridized carbons (Fsp3) is 0.222. The van der Waals surface area contributed by atoms with Crippen LogP contribution in [0.4, 0.5) is 5.69 Å². The Morgan fingerprint density at radius 2 is 1.91 bits per heavy atom. The molecule has 1 atom stereocenters. The Bertz CT molecular complexity index is 1340. The second-order valence-corrected chi connectivity index (χ2v) is 9.60. The Morgan fingerprint density at radius 1 is 1.09 bits per heavy atom. The first-order valence-electron chi connectivity index (χ1n) is 11.5. The van der Waals surface area contributed by atoms with Gasteiger partial charge in [-0.15, -0.1) is 11.3 Å². The maximum Gasteiger partial charge on any atom is 0.346 e. The number of aromatic nitrogens is 1. The van der Waals surface area contributed by atoms with E-state index in [0.717, 1.165) is 35.0 Å². The van der Waals surface area contributed by atoms with Crippen LogP contribution in [-0.4, -0.2) is 46.0 Å². The lowest BCUT2D eigenvalue weighted by Gasteiger charge is -2.24. The van der Waals surface area contributed by atoms with E-state index in [1.807, 2.05) is 42.5 Å². The normalized spacial score (nSPS) is 15.8. The fourth-order valence-corrected chi connectivity index (χ4v) is 5.65. The van der Waals surface area contributed by atoms with Gasteiger partial charge in [-0.1, -0.05) is 18.2 Å². The smallest absolute Gasteiger partial charge is 0.346 e. The highest BCUT2D eigenvalue weighted by Crippen LogP contribution is 2.34. The van der Waals surface area contributed by atoms with Gasteiger partial charge in [0, 0.05) is 22.6 Å². The number of fused-ring (bicyclic) bond motifs is 1. The summed E-state index contributed by atoms with van der Waals surface area (Å²) in [6, 6.07) is 18.8. The standard InChI is InChI=1S/C27H25N3O4S/c31-25(29-18-9-11-20(12-10-18)34-21-6-3-13-28-16-21)17-30-14-4-5-19(30)15-23-22-7-1-2-8-24(22)35-26(23)27(32)33/h1-3,6-13,16,19H,4-5,14-15,17H2,(H,29,31)(H,32,33)/t19-/m0/s1. The number of aromatic carboxylic acids is 1. The molecular weight excluding hydrogens is 462 g/mol. The van der Waals surface area contributed by atoms with Crippen LogP contribution in [0, 0.1) is 0 Å². The molecule has 0 unspecified atom stereocenters. The van der Waals surface area contributed by atoms with E-state index in [4.69, 9.17) is 4.74 Å². The molecule has 0 aliphatic carbocycles. The van der Waals surface area contributed by atoms with Crippen LogP contribution in [0.5, 0.6) is 11.5 Å². The Morgan fingerprint density at radius 3 is 2.69 bits per heavy atom. The van der Waals surface area contributed by atoms with Gasteiger partial charge in [0.25, 0.3) is 0 Å². The molecule has 0 spiro atoms. The molecule has 7 nitrogen and oxygen atoms in total. The van der Waals surface area contributed by atoms with E-state index in [1.165, 1.54) is 11.3 Å². The van der Waals surface area contributed by atoms with Crippen molar-refractivity contribution in [2.45, 2.75) is 25.3 Å². The third-order valence-corrected chi connectivity index (χ3v) is 7.39. The summed E-state index contributed by atoms with van der Waals surface area (Å²) < 4.78 is 6.73. The molecule has 0 radical (unpaired) electrons. The van der Waals surface area contributed by atoms with Crippen LogP contribution in [0.25, 0.3) is 10.1 Å². The number of carboxylic acids is 1. The first-order chi connectivity index (χ1) is 17.1. The number of nitrogens with one attached hydrogen (secondary N) is 1. The molecule has 1 fully saturated rings. The lowest BCUT2D eigenvalue weighted by molar-refractivity contribution is -0.117. The number of likely N-dealkylation sites (tertiary alicyclic amines) is 1. The van der Waals surface area contributed by atoms with Gasteiger partial charge in [-0.25, -0.2) is 4.79 Å². The zero-order valence-electron chi connectivity index (χ0n) is 19.0. The van der Waals surface area contributed by atoms with Gasteiger partial charge in [0.05, 0.1) is 12.7 Å². The molecule has 1 aliphatic heterocycles. The van der Waals surface area contributed by atoms with Gasteiger partial charge in [0.2, 0.25) is 5.91 Å². The van der Waals surface area contributed by atoms with Crippen molar-refractivity contribution < 1.29 is 19.4 Å². The number of amides is 1. The minimum atomic E-state index is -0.889. The van der Waals surface area contributed by atoms with Gasteiger partial charge >= 0.3 is 5.97 Å². The minimum Gasteiger partial charge on any atom is -0.477 e. The summed E-state index contributed by atoms with van der Waals surface area (Å²) in [6.45, 7) is 1.09. The van der Waals surface area contributed by atoms with Crippen LogP contribution >= 0.6 is 11.3 Å². The van der Waals surface area contributed by atoms with Crippen LogP contribution < -0.4 is 10.1 Å². The predicted octanol–water partition coefficient (Wildman–Crippen LogP) is 5.43. The molecule has 8 heteroatoms. The average Bonchev–Trinajstić information content (AvgIpc) is 3.46. The van der Waals surface area contributed by atoms with Gasteiger partial charge < -0.3 is 15.2 Å². The zero-order valence-corrected chi connectivity index (χ0v) is 19.8. The summed E-state index contributed by atoms with van der Waals surface area (Å²) in [4.78, 5) is 31.3. The number of thiophene rings is 1. The first-order valence-corrected chi connectivity index (χ1v) is 12.3. The molecule has 1 amide bonds. The van der Waals surface area contributed by atoms with Crippen LogP contribution in [0.3, 0.4) is 0 Å². The Hall–Kier alpha value is -3.75. The van der Waals surface area contributed by atoms with Crippen molar-refractivity contribution in [1.82, 2.24) is 9.88 Å². The molecule has 0 bridgehead atoms. The molecule has 5 rings (SSSR count). The van der Waals surface area contributed by atoms with Crippen molar-refractivity contribution in [1.29, 1.82) is 0 Å². The summed E-state index contributed by atoms with van der Waals surface area (Å²) in [7, 11) is 0. The molecule has 178 valence electrons. The van der Waals surface area contributed by atoms with Crippen LogP contribution in [0.1, 0.15) is 28.1 Å². The second kappa shape index (κ2) is 10.2. The summed E-state index contributed by atoms with van der Waals surface area (Å²) >= 11 is 1.32. The van der Waals surface area contributed by atoms with Gasteiger partial charge in [-0.3, -0.25) is 14.7 Å². The fourth-order valence-electron chi connectivity index (χ4n) is 4.58. The van der Waals surface area contributed by atoms with Gasteiger partial charge in [-0.05, 0) is 79.2 Å². The highest BCUT2D eigenvalue weighted by molar-refractivity contribution is 7.21. The average molecular weight is 488 g/mol.